The maximum absolute atomic E-state index is 6.22. The van der Waals surface area contributed by atoms with Gasteiger partial charge in [-0.3, -0.25) is 0 Å². The van der Waals surface area contributed by atoms with E-state index in [1.807, 2.05) is 23.9 Å². The van der Waals surface area contributed by atoms with Gasteiger partial charge in [-0.25, -0.2) is 0 Å². The third-order valence-electron chi connectivity index (χ3n) is 2.82. The van der Waals surface area contributed by atoms with Crippen molar-refractivity contribution in [3.05, 3.63) is 68.1 Å². The first-order chi connectivity index (χ1) is 9.04. The molecule has 0 aliphatic rings. The summed E-state index contributed by atoms with van der Waals surface area (Å²) < 4.78 is 1.03. The smallest absolute Gasteiger partial charge is 0.0457 e. The molecule has 2 rings (SSSR count). The van der Waals surface area contributed by atoms with E-state index in [1.54, 1.807) is 0 Å². The number of rotatable bonds is 4. The molecule has 0 unspecified atom stereocenters. The molecule has 100 valence electrons. The lowest BCUT2D eigenvalue weighted by molar-refractivity contribution is 1.29. The fraction of sp³-hybridized carbons (Fsp3) is 0.250. The Labute approximate surface area is 132 Å². The molecule has 0 saturated heterocycles. The molecule has 0 fully saturated rings. The fourth-order valence-corrected chi connectivity index (χ4v) is 3.87. The van der Waals surface area contributed by atoms with Gasteiger partial charge in [-0.2, -0.15) is 11.8 Å². The van der Waals surface area contributed by atoms with Crippen molar-refractivity contribution in [1.82, 2.24) is 0 Å². The van der Waals surface area contributed by atoms with Gasteiger partial charge in [0.25, 0.3) is 0 Å². The van der Waals surface area contributed by atoms with E-state index in [0.717, 1.165) is 21.0 Å². The van der Waals surface area contributed by atoms with Gasteiger partial charge in [0.2, 0.25) is 0 Å². The minimum absolute atomic E-state index is 0.835. The van der Waals surface area contributed by atoms with E-state index in [0.29, 0.717) is 0 Å². The molecular weight excluding hydrogens is 340 g/mol. The van der Waals surface area contributed by atoms with Crippen LogP contribution in [0.25, 0.3) is 0 Å². The largest absolute Gasteiger partial charge is 0.152 e. The minimum atomic E-state index is 0.835. The second-order valence-corrected chi connectivity index (χ2v) is 7.03. The summed E-state index contributed by atoms with van der Waals surface area (Å²) in [4.78, 5) is 0. The van der Waals surface area contributed by atoms with E-state index >= 15 is 0 Å². The molecule has 0 atom stereocenters. The second-order valence-electron chi connectivity index (χ2n) is 4.72. The van der Waals surface area contributed by atoms with E-state index in [4.69, 9.17) is 11.6 Å². The van der Waals surface area contributed by atoms with E-state index in [1.165, 1.54) is 22.3 Å². The Hall–Kier alpha value is -0.440. The van der Waals surface area contributed by atoms with Crippen molar-refractivity contribution in [2.45, 2.75) is 25.4 Å². The predicted octanol–water partition coefficient (Wildman–Crippen LogP) is 6.15. The van der Waals surface area contributed by atoms with Gasteiger partial charge in [-0.1, -0.05) is 62.9 Å². The SMILES string of the molecule is Cc1cc(C)cc(CSCc2ccc(Br)cc2Cl)c1. The summed E-state index contributed by atoms with van der Waals surface area (Å²) in [6, 6.07) is 12.8. The predicted molar refractivity (Wildman–Crippen MR) is 90.1 cm³/mol. The maximum Gasteiger partial charge on any atom is 0.0457 e. The number of thioether (sulfide) groups is 1. The first kappa shape index (κ1) is 15.0. The first-order valence-corrected chi connectivity index (χ1v) is 8.46. The molecule has 2 aromatic rings. The highest BCUT2D eigenvalue weighted by molar-refractivity contribution is 9.10. The molecule has 19 heavy (non-hydrogen) atoms. The van der Waals surface area contributed by atoms with Crippen LogP contribution in [0.4, 0.5) is 0 Å². The Kier molecular flexibility index (Phi) is 5.37. The number of hydrogen-bond donors (Lipinski definition) is 0. The van der Waals surface area contributed by atoms with Crippen molar-refractivity contribution in [2.75, 3.05) is 0 Å². The molecule has 0 radical (unpaired) electrons. The third-order valence-corrected chi connectivity index (χ3v) is 4.72. The number of benzene rings is 2. The zero-order valence-corrected chi connectivity index (χ0v) is 14.2. The van der Waals surface area contributed by atoms with Crippen molar-refractivity contribution in [3.8, 4) is 0 Å². The van der Waals surface area contributed by atoms with Crippen molar-refractivity contribution in [3.63, 3.8) is 0 Å². The van der Waals surface area contributed by atoms with Crippen LogP contribution in [0.15, 0.2) is 40.9 Å². The number of aryl methyl sites for hydroxylation is 2. The zero-order chi connectivity index (χ0) is 13.8. The lowest BCUT2D eigenvalue weighted by Crippen LogP contribution is -1.87. The summed E-state index contributed by atoms with van der Waals surface area (Å²) in [5.74, 6) is 1.97. The van der Waals surface area contributed by atoms with Crippen LogP contribution in [0.3, 0.4) is 0 Å². The molecule has 0 spiro atoms. The summed E-state index contributed by atoms with van der Waals surface area (Å²) in [6.07, 6.45) is 0. The second kappa shape index (κ2) is 6.83. The van der Waals surface area contributed by atoms with Gasteiger partial charge in [0.1, 0.15) is 0 Å². The molecule has 0 heterocycles. The van der Waals surface area contributed by atoms with Crippen LogP contribution in [0.5, 0.6) is 0 Å². The summed E-state index contributed by atoms with van der Waals surface area (Å²) >= 11 is 11.5. The van der Waals surface area contributed by atoms with Gasteiger partial charge in [0.15, 0.2) is 0 Å². The standard InChI is InChI=1S/C16H16BrClS/c1-11-5-12(2)7-13(6-11)9-19-10-14-3-4-15(17)8-16(14)18/h3-8H,9-10H2,1-2H3. The Morgan fingerprint density at radius 2 is 1.68 bits per heavy atom. The first-order valence-electron chi connectivity index (χ1n) is 6.13. The number of hydrogen-bond acceptors (Lipinski definition) is 1. The molecule has 0 aromatic heterocycles. The van der Waals surface area contributed by atoms with Gasteiger partial charge < -0.3 is 0 Å². The van der Waals surface area contributed by atoms with Crippen molar-refractivity contribution in [1.29, 1.82) is 0 Å². The average Bonchev–Trinajstić information content (AvgIpc) is 2.30. The highest BCUT2D eigenvalue weighted by Gasteiger charge is 2.02. The average molecular weight is 356 g/mol. The van der Waals surface area contributed by atoms with Gasteiger partial charge in [0, 0.05) is 21.0 Å². The molecule has 2 aromatic carbocycles. The number of halogens is 2. The van der Waals surface area contributed by atoms with Crippen LogP contribution in [0.2, 0.25) is 5.02 Å². The molecule has 0 bridgehead atoms. The summed E-state index contributed by atoms with van der Waals surface area (Å²) in [6.45, 7) is 4.29. The maximum atomic E-state index is 6.22. The fourth-order valence-electron chi connectivity index (χ4n) is 2.07. The Morgan fingerprint density at radius 3 is 2.32 bits per heavy atom. The normalized spacial score (nSPS) is 10.7. The van der Waals surface area contributed by atoms with Crippen LogP contribution >= 0.6 is 39.3 Å². The van der Waals surface area contributed by atoms with Gasteiger partial charge in [-0.05, 0) is 37.1 Å². The summed E-state index contributed by atoms with van der Waals surface area (Å²) in [5, 5.41) is 0.835. The van der Waals surface area contributed by atoms with Crippen molar-refractivity contribution >= 4 is 39.3 Å². The molecule has 0 nitrogen and oxygen atoms in total. The highest BCUT2D eigenvalue weighted by atomic mass is 79.9. The summed E-state index contributed by atoms with van der Waals surface area (Å²) in [7, 11) is 0. The molecule has 0 saturated carbocycles. The van der Waals surface area contributed by atoms with Crippen LogP contribution in [0, 0.1) is 13.8 Å². The van der Waals surface area contributed by atoms with E-state index in [-0.39, 0.29) is 0 Å². The molecule has 0 aliphatic heterocycles. The molecular formula is C16H16BrClS. The monoisotopic (exact) mass is 354 g/mol. The topological polar surface area (TPSA) is 0 Å². The van der Waals surface area contributed by atoms with E-state index in [9.17, 15) is 0 Å². The molecule has 0 aliphatic carbocycles. The van der Waals surface area contributed by atoms with Crippen molar-refractivity contribution in [2.24, 2.45) is 0 Å². The Morgan fingerprint density at radius 1 is 1.00 bits per heavy atom. The zero-order valence-electron chi connectivity index (χ0n) is 11.0. The van der Waals surface area contributed by atoms with E-state index < -0.39 is 0 Å². The minimum Gasteiger partial charge on any atom is -0.152 e. The Balaban J connectivity index is 1.96. The van der Waals surface area contributed by atoms with Crippen LogP contribution < -0.4 is 0 Å². The quantitative estimate of drug-likeness (QED) is 0.633. The lowest BCUT2D eigenvalue weighted by Gasteiger charge is -2.07. The molecule has 0 amide bonds. The van der Waals surface area contributed by atoms with Gasteiger partial charge >= 0.3 is 0 Å². The Bertz CT molecular complexity index is 561. The van der Waals surface area contributed by atoms with E-state index in [2.05, 4.69) is 54.0 Å². The summed E-state index contributed by atoms with van der Waals surface area (Å²) in [5.41, 5.74) is 5.24. The third kappa shape index (κ3) is 4.55. The van der Waals surface area contributed by atoms with Gasteiger partial charge in [0.05, 0.1) is 0 Å². The molecule has 3 heteroatoms. The van der Waals surface area contributed by atoms with Crippen LogP contribution in [0.1, 0.15) is 22.3 Å². The van der Waals surface area contributed by atoms with Gasteiger partial charge in [-0.15, -0.1) is 0 Å². The highest BCUT2D eigenvalue weighted by Crippen LogP contribution is 2.26. The van der Waals surface area contributed by atoms with Crippen LogP contribution in [-0.4, -0.2) is 0 Å². The molecule has 0 N–H and O–H groups in total. The van der Waals surface area contributed by atoms with Crippen molar-refractivity contribution < 1.29 is 0 Å². The lowest BCUT2D eigenvalue weighted by atomic mass is 10.1. The van der Waals surface area contributed by atoms with Crippen LogP contribution in [-0.2, 0) is 11.5 Å².